The normalized spacial score (nSPS) is 19.8. The molecule has 2 atom stereocenters. The average Bonchev–Trinajstić information content (AvgIpc) is 2.94. The molecule has 7 nitrogen and oxygen atoms in total. The standard InChI is InChI=1S/C36H49FN2O5/c1-24(2)43-34(40)33(44-35(4,5)6)30-23-39(41)25(3)31(32(30)38-20-18-36(7,8)19-21-38)27-11-15-29(16-12-27)42-22-17-26-9-13-28(37)14-10-26/h9-16,24,33,39H,17-23H2,1-8H3/t33-/m0/s1. The van der Waals surface area contributed by atoms with Crippen molar-refractivity contribution in [3.8, 4) is 5.75 Å². The van der Waals surface area contributed by atoms with Crippen LogP contribution >= 0.6 is 0 Å². The molecule has 0 radical (unpaired) electrons. The summed E-state index contributed by atoms with van der Waals surface area (Å²) >= 11 is 0. The van der Waals surface area contributed by atoms with Crippen molar-refractivity contribution in [3.63, 3.8) is 0 Å². The maximum atomic E-state index is 13.6. The smallest absolute Gasteiger partial charge is 0.340 e. The molecular weight excluding hydrogens is 559 g/mol. The minimum absolute atomic E-state index is 0.0319. The van der Waals surface area contributed by atoms with Crippen LogP contribution in [0, 0.1) is 16.4 Å². The van der Waals surface area contributed by atoms with Gasteiger partial charge in [0.15, 0.2) is 6.10 Å². The van der Waals surface area contributed by atoms with E-state index in [1.807, 2.05) is 65.8 Å². The molecule has 2 aromatic carbocycles. The lowest BCUT2D eigenvalue weighted by atomic mass is 9.81. The molecule has 1 saturated heterocycles. The first-order valence-corrected chi connectivity index (χ1v) is 15.7. The molecular formula is C36H49FN2O5. The predicted molar refractivity (Wildman–Crippen MR) is 171 cm³/mol. The Morgan fingerprint density at radius 3 is 2.23 bits per heavy atom. The fraction of sp³-hybridized carbons (Fsp3) is 0.528. The highest BCUT2D eigenvalue weighted by molar-refractivity contribution is 5.86. The predicted octanol–water partition coefficient (Wildman–Crippen LogP) is 6.09. The van der Waals surface area contributed by atoms with Gasteiger partial charge in [0.05, 0.1) is 29.6 Å². The average molecular weight is 609 g/mol. The fourth-order valence-corrected chi connectivity index (χ4v) is 5.70. The third kappa shape index (κ3) is 8.71. The van der Waals surface area contributed by atoms with Crippen LogP contribution < -0.4 is 9.80 Å². The Hall–Kier alpha value is -3.20. The van der Waals surface area contributed by atoms with Crippen LogP contribution in [-0.4, -0.2) is 54.9 Å². The zero-order valence-electron chi connectivity index (χ0n) is 27.6. The van der Waals surface area contributed by atoms with Gasteiger partial charge in [-0.1, -0.05) is 38.1 Å². The van der Waals surface area contributed by atoms with Crippen LogP contribution in [0.5, 0.6) is 5.75 Å². The monoisotopic (exact) mass is 608 g/mol. The van der Waals surface area contributed by atoms with Crippen LogP contribution in [0.3, 0.4) is 0 Å². The van der Waals surface area contributed by atoms with E-state index in [1.54, 1.807) is 12.1 Å². The molecule has 0 saturated carbocycles. The van der Waals surface area contributed by atoms with E-state index in [1.165, 1.54) is 12.1 Å². The van der Waals surface area contributed by atoms with Crippen LogP contribution in [0.1, 0.15) is 79.4 Å². The molecule has 240 valence electrons. The van der Waals surface area contributed by atoms with Crippen LogP contribution in [0.25, 0.3) is 5.57 Å². The molecule has 2 aliphatic heterocycles. The van der Waals surface area contributed by atoms with E-state index in [-0.39, 0.29) is 28.9 Å². The number of hydrogen-bond donors (Lipinski definition) is 1. The quantitative estimate of drug-likeness (QED) is 0.260. The molecule has 0 spiro atoms. The maximum Gasteiger partial charge on any atom is 0.340 e. The number of hydroxylamine groups is 2. The number of piperidine rings is 1. The Bertz CT molecular complexity index is 1350. The molecule has 1 unspecified atom stereocenters. The summed E-state index contributed by atoms with van der Waals surface area (Å²) in [5.74, 6) is -0.0263. The first kappa shape index (κ1) is 33.7. The van der Waals surface area contributed by atoms with Crippen molar-refractivity contribution in [3.05, 3.63) is 87.6 Å². The Balaban J connectivity index is 1.71. The maximum absolute atomic E-state index is 13.6. The molecule has 8 heteroatoms. The van der Waals surface area contributed by atoms with Crippen molar-refractivity contribution < 1.29 is 28.5 Å². The van der Waals surface area contributed by atoms with Crippen molar-refractivity contribution in [1.29, 1.82) is 0 Å². The summed E-state index contributed by atoms with van der Waals surface area (Å²) in [7, 11) is 0. The highest BCUT2D eigenvalue weighted by Crippen LogP contribution is 2.40. The van der Waals surface area contributed by atoms with E-state index in [4.69, 9.17) is 14.2 Å². The molecule has 2 heterocycles. The number of rotatable bonds is 10. The minimum Gasteiger partial charge on any atom is -0.629 e. The number of nitrogens with zero attached hydrogens (tertiary/aromatic N) is 1. The fourth-order valence-electron chi connectivity index (χ4n) is 5.70. The van der Waals surface area contributed by atoms with Gasteiger partial charge in [-0.05, 0) is 88.3 Å². The van der Waals surface area contributed by atoms with Crippen LogP contribution in [0.2, 0.25) is 0 Å². The second-order valence-corrected chi connectivity index (χ2v) is 14.0. The van der Waals surface area contributed by atoms with Gasteiger partial charge >= 0.3 is 5.97 Å². The number of esters is 1. The Morgan fingerprint density at radius 2 is 1.66 bits per heavy atom. The lowest BCUT2D eigenvalue weighted by molar-refractivity contribution is -0.801. The molecule has 44 heavy (non-hydrogen) atoms. The summed E-state index contributed by atoms with van der Waals surface area (Å²) in [6, 6.07) is 14.2. The summed E-state index contributed by atoms with van der Waals surface area (Å²) in [5.41, 5.74) is 4.51. The Morgan fingerprint density at radius 1 is 1.05 bits per heavy atom. The molecule has 1 N–H and O–H groups in total. The Kier molecular flexibility index (Phi) is 10.6. The summed E-state index contributed by atoms with van der Waals surface area (Å²) in [4.78, 5) is 15.9. The van der Waals surface area contributed by atoms with Gasteiger partial charge in [-0.3, -0.25) is 0 Å². The van der Waals surface area contributed by atoms with Gasteiger partial charge in [0.2, 0.25) is 0 Å². The molecule has 2 aliphatic rings. The third-order valence-corrected chi connectivity index (χ3v) is 8.19. The third-order valence-electron chi connectivity index (χ3n) is 8.19. The van der Waals surface area contributed by atoms with E-state index in [0.29, 0.717) is 30.0 Å². The molecule has 4 rings (SSSR count). The molecule has 1 fully saturated rings. The zero-order valence-corrected chi connectivity index (χ0v) is 27.6. The van der Waals surface area contributed by atoms with Crippen LogP contribution in [-0.2, 0) is 20.7 Å². The number of nitrogens with one attached hydrogen (secondary N) is 1. The largest absolute Gasteiger partial charge is 0.629 e. The molecule has 2 aromatic rings. The summed E-state index contributed by atoms with van der Waals surface area (Å²) in [6.07, 6.45) is 1.31. The number of allylic oxidation sites excluding steroid dienone is 2. The molecule has 0 aliphatic carbocycles. The van der Waals surface area contributed by atoms with E-state index in [9.17, 15) is 14.4 Å². The number of likely N-dealkylation sites (tertiary alicyclic amines) is 1. The number of benzene rings is 2. The van der Waals surface area contributed by atoms with Crippen molar-refractivity contribution in [2.75, 3.05) is 26.2 Å². The van der Waals surface area contributed by atoms with Crippen molar-refractivity contribution >= 4 is 11.5 Å². The van der Waals surface area contributed by atoms with Gasteiger partial charge in [-0.25, -0.2) is 9.18 Å². The van der Waals surface area contributed by atoms with Crippen LogP contribution in [0.4, 0.5) is 4.39 Å². The van der Waals surface area contributed by atoms with E-state index < -0.39 is 17.7 Å². The van der Waals surface area contributed by atoms with E-state index in [2.05, 4.69) is 18.7 Å². The number of quaternary nitrogens is 1. The molecule has 0 bridgehead atoms. The van der Waals surface area contributed by atoms with E-state index in [0.717, 1.165) is 48.3 Å². The lowest BCUT2D eigenvalue weighted by Gasteiger charge is -2.44. The van der Waals surface area contributed by atoms with Gasteiger partial charge in [-0.15, -0.1) is 0 Å². The summed E-state index contributed by atoms with van der Waals surface area (Å²) in [5, 5.41) is 13.6. The second-order valence-electron chi connectivity index (χ2n) is 14.0. The summed E-state index contributed by atoms with van der Waals surface area (Å²) < 4.78 is 31.3. The number of ether oxygens (including phenoxy) is 3. The molecule has 0 aromatic heterocycles. The first-order chi connectivity index (χ1) is 20.6. The van der Waals surface area contributed by atoms with Gasteiger partial charge in [-0.2, -0.15) is 0 Å². The first-order valence-electron chi connectivity index (χ1n) is 15.7. The SMILES string of the molecule is CC1=C(c2ccc(OCCc3ccc(F)cc3)cc2)C(N2CCC(C)(C)CC2)=C([C@H](OC(C)(C)C)C(=O)OC(C)C)C[NH+]1[O-]. The number of carbonyl (C=O) groups excluding carboxylic acids is 1. The van der Waals surface area contributed by atoms with Gasteiger partial charge in [0, 0.05) is 32.0 Å². The Labute approximate surface area is 262 Å². The molecule has 0 amide bonds. The van der Waals surface area contributed by atoms with E-state index >= 15 is 0 Å². The number of carbonyl (C=O) groups is 1. The summed E-state index contributed by atoms with van der Waals surface area (Å²) in [6.45, 7) is 18.0. The second kappa shape index (κ2) is 13.8. The van der Waals surface area contributed by atoms with Gasteiger partial charge in [0.25, 0.3) is 0 Å². The van der Waals surface area contributed by atoms with Gasteiger partial charge in [0.1, 0.15) is 23.8 Å². The zero-order chi connectivity index (χ0) is 32.2. The number of halogens is 1. The number of hydrogen-bond acceptors (Lipinski definition) is 6. The van der Waals surface area contributed by atoms with Crippen LogP contribution in [0.15, 0.2) is 65.5 Å². The van der Waals surface area contributed by atoms with Gasteiger partial charge < -0.3 is 29.4 Å². The van der Waals surface area contributed by atoms with Crippen molar-refractivity contribution in [2.45, 2.75) is 92.5 Å². The topological polar surface area (TPSA) is 75.5 Å². The highest BCUT2D eigenvalue weighted by atomic mass is 19.1. The highest BCUT2D eigenvalue weighted by Gasteiger charge is 2.41. The van der Waals surface area contributed by atoms with Crippen molar-refractivity contribution in [2.24, 2.45) is 5.41 Å². The lowest BCUT2D eigenvalue weighted by Crippen LogP contribution is -3.06. The van der Waals surface area contributed by atoms with Crippen molar-refractivity contribution in [1.82, 2.24) is 4.90 Å². The minimum atomic E-state index is -1.01.